The summed E-state index contributed by atoms with van der Waals surface area (Å²) in [6.07, 6.45) is 6.78. The molecule has 33 heavy (non-hydrogen) atoms. The standard InChI is InChI=1S/C26H21N5O2/c1-29-23-16-28-22-11-6-17(18-4-2-12-27-15-18)14-21(22)25(23)31(26(29)33)20-9-7-19(8-10-20)30-13-3-5-24(30)32/h2,4,6-12,14-16H,3,5,13H2,1H3. The van der Waals surface area contributed by atoms with Crippen LogP contribution in [0.2, 0.25) is 0 Å². The maximum absolute atomic E-state index is 13.3. The molecule has 0 aliphatic carbocycles. The van der Waals surface area contributed by atoms with Gasteiger partial charge in [0.25, 0.3) is 0 Å². The van der Waals surface area contributed by atoms with Gasteiger partial charge in [-0.3, -0.25) is 23.9 Å². The molecule has 0 saturated carbocycles. The fraction of sp³-hybridized carbons (Fsp3) is 0.154. The smallest absolute Gasteiger partial charge is 0.312 e. The molecule has 0 atom stereocenters. The number of carbonyl (C=O) groups is 1. The van der Waals surface area contributed by atoms with Crippen LogP contribution in [0.1, 0.15) is 12.8 Å². The first-order valence-corrected chi connectivity index (χ1v) is 10.9. The Morgan fingerprint density at radius 2 is 1.73 bits per heavy atom. The van der Waals surface area contributed by atoms with Crippen LogP contribution >= 0.6 is 0 Å². The van der Waals surface area contributed by atoms with Crippen LogP contribution in [0.5, 0.6) is 0 Å². The average Bonchev–Trinajstić information content (AvgIpc) is 3.40. The van der Waals surface area contributed by atoms with Gasteiger partial charge in [0, 0.05) is 49.0 Å². The van der Waals surface area contributed by atoms with Crippen molar-refractivity contribution < 1.29 is 4.79 Å². The Hall–Kier alpha value is -4.26. The summed E-state index contributed by atoms with van der Waals surface area (Å²) in [5.74, 6) is 0.144. The third kappa shape index (κ3) is 3.04. The van der Waals surface area contributed by atoms with E-state index in [0.717, 1.165) is 57.4 Å². The molecular weight excluding hydrogens is 414 g/mol. The van der Waals surface area contributed by atoms with Crippen LogP contribution in [0.4, 0.5) is 5.69 Å². The average molecular weight is 435 g/mol. The van der Waals surface area contributed by atoms with Crippen LogP contribution in [0.3, 0.4) is 0 Å². The molecule has 3 aromatic heterocycles. The number of fused-ring (bicyclic) bond motifs is 3. The number of rotatable bonds is 3. The molecule has 7 nitrogen and oxygen atoms in total. The molecule has 162 valence electrons. The molecule has 0 unspecified atom stereocenters. The number of hydrogen-bond donors (Lipinski definition) is 0. The summed E-state index contributed by atoms with van der Waals surface area (Å²) in [5, 5.41) is 0.894. The van der Waals surface area contributed by atoms with Gasteiger partial charge >= 0.3 is 5.69 Å². The molecule has 1 aliphatic heterocycles. The minimum Gasteiger partial charge on any atom is -0.312 e. The third-order valence-corrected chi connectivity index (χ3v) is 6.37. The molecule has 0 spiro atoms. The maximum Gasteiger partial charge on any atom is 0.333 e. The van der Waals surface area contributed by atoms with E-state index in [9.17, 15) is 9.59 Å². The third-order valence-electron chi connectivity index (χ3n) is 6.37. The van der Waals surface area contributed by atoms with Crippen LogP contribution in [0.25, 0.3) is 38.8 Å². The highest BCUT2D eigenvalue weighted by Gasteiger charge is 2.22. The Kier molecular flexibility index (Phi) is 4.36. The van der Waals surface area contributed by atoms with Crippen LogP contribution in [-0.4, -0.2) is 31.6 Å². The van der Waals surface area contributed by atoms with E-state index in [2.05, 4.69) is 16.0 Å². The molecule has 5 aromatic rings. The van der Waals surface area contributed by atoms with Crippen molar-refractivity contribution in [2.24, 2.45) is 7.05 Å². The zero-order valence-electron chi connectivity index (χ0n) is 18.1. The molecule has 1 fully saturated rings. The monoisotopic (exact) mass is 435 g/mol. The number of aromatic nitrogens is 4. The van der Waals surface area contributed by atoms with Crippen molar-refractivity contribution in [2.45, 2.75) is 12.8 Å². The van der Waals surface area contributed by atoms with E-state index in [1.165, 1.54) is 0 Å². The Bertz CT molecular complexity index is 1580. The second-order valence-electron chi connectivity index (χ2n) is 8.31. The largest absolute Gasteiger partial charge is 0.333 e. The number of imidazole rings is 1. The number of benzene rings is 2. The predicted octanol–water partition coefficient (Wildman–Crippen LogP) is 4.07. The van der Waals surface area contributed by atoms with Gasteiger partial charge < -0.3 is 4.90 Å². The Morgan fingerprint density at radius 1 is 0.909 bits per heavy atom. The van der Waals surface area contributed by atoms with E-state index >= 15 is 0 Å². The summed E-state index contributed by atoms with van der Waals surface area (Å²) in [6, 6.07) is 17.6. The normalized spacial score (nSPS) is 14.0. The summed E-state index contributed by atoms with van der Waals surface area (Å²) < 4.78 is 3.35. The van der Waals surface area contributed by atoms with Crippen LogP contribution in [-0.2, 0) is 11.8 Å². The van der Waals surface area contributed by atoms with Gasteiger partial charge in [-0.25, -0.2) is 4.79 Å². The number of nitrogens with zero attached hydrogens (tertiary/aromatic N) is 5. The molecule has 1 saturated heterocycles. The molecule has 1 aliphatic rings. The SMILES string of the molecule is Cn1c(=O)n(-c2ccc(N3CCCC3=O)cc2)c2c3cc(-c4cccnc4)ccc3ncc21. The minimum absolute atomic E-state index is 0.143. The minimum atomic E-state index is -0.143. The van der Waals surface area contributed by atoms with Gasteiger partial charge in [0.15, 0.2) is 0 Å². The number of aryl methyl sites for hydroxylation is 1. The topological polar surface area (TPSA) is 73.0 Å². The summed E-state index contributed by atoms with van der Waals surface area (Å²) in [6.45, 7) is 0.736. The molecule has 0 bridgehead atoms. The quantitative estimate of drug-likeness (QED) is 0.428. The van der Waals surface area contributed by atoms with Gasteiger partial charge in [0.2, 0.25) is 5.91 Å². The number of amides is 1. The van der Waals surface area contributed by atoms with E-state index in [1.807, 2.05) is 54.7 Å². The van der Waals surface area contributed by atoms with Gasteiger partial charge in [-0.2, -0.15) is 0 Å². The maximum atomic E-state index is 13.3. The van der Waals surface area contributed by atoms with Crippen molar-refractivity contribution >= 4 is 33.5 Å². The van der Waals surface area contributed by atoms with E-state index < -0.39 is 0 Å². The second kappa shape index (κ2) is 7.41. The van der Waals surface area contributed by atoms with Crippen molar-refractivity contribution in [1.29, 1.82) is 0 Å². The lowest BCUT2D eigenvalue weighted by Crippen LogP contribution is -2.24. The summed E-state index contributed by atoms with van der Waals surface area (Å²) in [7, 11) is 1.76. The predicted molar refractivity (Wildman–Crippen MR) is 129 cm³/mol. The molecule has 1 amide bonds. The van der Waals surface area contributed by atoms with Gasteiger partial charge in [0.1, 0.15) is 0 Å². The van der Waals surface area contributed by atoms with Crippen molar-refractivity contribution in [2.75, 3.05) is 11.4 Å². The van der Waals surface area contributed by atoms with Crippen molar-refractivity contribution in [3.8, 4) is 16.8 Å². The Balaban J connectivity index is 1.57. The first-order valence-electron chi connectivity index (χ1n) is 10.9. The fourth-order valence-electron chi connectivity index (χ4n) is 4.65. The molecule has 0 radical (unpaired) electrons. The summed E-state index contributed by atoms with van der Waals surface area (Å²) in [5.41, 5.74) is 5.86. The summed E-state index contributed by atoms with van der Waals surface area (Å²) in [4.78, 5) is 36.0. The molecule has 2 aromatic carbocycles. The molecule has 4 heterocycles. The zero-order chi connectivity index (χ0) is 22.5. The van der Waals surface area contributed by atoms with E-state index in [0.29, 0.717) is 6.42 Å². The van der Waals surface area contributed by atoms with Gasteiger partial charge in [-0.15, -0.1) is 0 Å². The van der Waals surface area contributed by atoms with Gasteiger partial charge in [-0.05, 0) is 54.4 Å². The van der Waals surface area contributed by atoms with Gasteiger partial charge in [-0.1, -0.05) is 12.1 Å². The van der Waals surface area contributed by atoms with E-state index in [4.69, 9.17) is 0 Å². The lowest BCUT2D eigenvalue weighted by Gasteiger charge is -2.16. The summed E-state index contributed by atoms with van der Waals surface area (Å²) >= 11 is 0. The molecular formula is C26H21N5O2. The molecule has 7 heteroatoms. The Morgan fingerprint density at radius 3 is 2.45 bits per heavy atom. The number of pyridine rings is 2. The molecule has 0 N–H and O–H groups in total. The lowest BCUT2D eigenvalue weighted by molar-refractivity contribution is -0.117. The van der Waals surface area contributed by atoms with Crippen molar-refractivity contribution in [1.82, 2.24) is 19.1 Å². The highest BCUT2D eigenvalue weighted by molar-refractivity contribution is 6.04. The lowest BCUT2D eigenvalue weighted by atomic mass is 10.0. The fourth-order valence-corrected chi connectivity index (χ4v) is 4.65. The first-order chi connectivity index (χ1) is 16.1. The van der Waals surface area contributed by atoms with Crippen molar-refractivity contribution in [3.63, 3.8) is 0 Å². The van der Waals surface area contributed by atoms with Crippen molar-refractivity contribution in [3.05, 3.63) is 83.7 Å². The highest BCUT2D eigenvalue weighted by atomic mass is 16.2. The first kappa shape index (κ1) is 19.4. The van der Waals surface area contributed by atoms with Crippen LogP contribution in [0, 0.1) is 0 Å². The van der Waals surface area contributed by atoms with E-state index in [-0.39, 0.29) is 11.6 Å². The second-order valence-corrected chi connectivity index (χ2v) is 8.31. The number of anilines is 1. The Labute approximate surface area is 189 Å². The number of hydrogen-bond acceptors (Lipinski definition) is 4. The molecule has 6 rings (SSSR count). The van der Waals surface area contributed by atoms with Crippen LogP contribution in [0.15, 0.2) is 78.0 Å². The number of carbonyl (C=O) groups excluding carboxylic acids is 1. The van der Waals surface area contributed by atoms with E-state index in [1.54, 1.807) is 33.5 Å². The zero-order valence-corrected chi connectivity index (χ0v) is 18.1. The van der Waals surface area contributed by atoms with Crippen LogP contribution < -0.4 is 10.6 Å². The van der Waals surface area contributed by atoms with Gasteiger partial charge in [0.05, 0.1) is 28.4 Å². The highest BCUT2D eigenvalue weighted by Crippen LogP contribution is 2.30.